The third-order valence-electron chi connectivity index (χ3n) is 2.97. The predicted molar refractivity (Wildman–Crippen MR) is 77.5 cm³/mol. The third kappa shape index (κ3) is 2.83. The van der Waals surface area contributed by atoms with E-state index < -0.39 is 37.9 Å². The maximum absolute atomic E-state index is 12.5. The van der Waals surface area contributed by atoms with Crippen molar-refractivity contribution in [3.63, 3.8) is 0 Å². The second-order valence-corrected chi connectivity index (χ2v) is 5.77. The zero-order chi connectivity index (χ0) is 16.5. The first kappa shape index (κ1) is 15.7. The fraction of sp³-hybridized carbons (Fsp3) is 0. The molecule has 0 saturated carbocycles. The Morgan fingerprint density at radius 1 is 0.955 bits per heavy atom. The van der Waals surface area contributed by atoms with Gasteiger partial charge in [-0.3, -0.25) is 9.35 Å². The van der Waals surface area contributed by atoms with Crippen LogP contribution in [0.4, 0.5) is 5.69 Å². The topological polar surface area (TPSA) is 135 Å². The van der Waals surface area contributed by atoms with Crippen LogP contribution in [0.1, 0.15) is 26.3 Å². The first-order valence-electron chi connectivity index (χ1n) is 5.96. The van der Waals surface area contributed by atoms with Crippen LogP contribution >= 0.6 is 0 Å². The summed E-state index contributed by atoms with van der Waals surface area (Å²) < 4.78 is 32.1. The lowest BCUT2D eigenvalue weighted by Crippen LogP contribution is -2.16. The molecule has 0 atom stereocenters. The molecule has 2 rings (SSSR count). The number of benzene rings is 2. The number of hydrogen-bond donors (Lipinski definition) is 3. The number of carbonyl (C=O) groups excluding carboxylic acids is 1. The summed E-state index contributed by atoms with van der Waals surface area (Å²) in [6, 6.07) is 8.97. The molecular formula is C14H11NO6S. The molecule has 0 saturated heterocycles. The van der Waals surface area contributed by atoms with Crippen LogP contribution in [0.2, 0.25) is 0 Å². The number of carboxylic acid groups (broad SMARTS) is 1. The molecule has 7 nitrogen and oxygen atoms in total. The normalized spacial score (nSPS) is 11.1. The number of rotatable bonds is 4. The largest absolute Gasteiger partial charge is 0.478 e. The van der Waals surface area contributed by atoms with Gasteiger partial charge in [0.25, 0.3) is 10.1 Å². The highest BCUT2D eigenvalue weighted by molar-refractivity contribution is 7.86. The van der Waals surface area contributed by atoms with Crippen molar-refractivity contribution < 1.29 is 27.7 Å². The van der Waals surface area contributed by atoms with Crippen LogP contribution in [0, 0.1) is 0 Å². The van der Waals surface area contributed by atoms with Gasteiger partial charge in [0.15, 0.2) is 5.78 Å². The SMILES string of the molecule is Nc1ccccc1C(=O)c1c(C(=O)O)cccc1S(=O)(=O)O. The molecule has 0 heterocycles. The highest BCUT2D eigenvalue weighted by Gasteiger charge is 2.28. The Balaban J connectivity index is 2.81. The van der Waals surface area contributed by atoms with Crippen molar-refractivity contribution in [2.75, 3.05) is 5.73 Å². The molecular weight excluding hydrogens is 310 g/mol. The molecule has 22 heavy (non-hydrogen) atoms. The van der Waals surface area contributed by atoms with Gasteiger partial charge in [0.05, 0.1) is 11.1 Å². The van der Waals surface area contributed by atoms with E-state index in [1.165, 1.54) is 18.2 Å². The fourth-order valence-electron chi connectivity index (χ4n) is 2.00. The van der Waals surface area contributed by atoms with Crippen LogP contribution in [-0.2, 0) is 10.1 Å². The van der Waals surface area contributed by atoms with Gasteiger partial charge in [0.1, 0.15) is 4.90 Å². The van der Waals surface area contributed by atoms with Gasteiger partial charge in [-0.25, -0.2) is 4.79 Å². The molecule has 2 aromatic rings. The number of nitrogens with two attached hydrogens (primary N) is 1. The Bertz CT molecular complexity index is 873. The van der Waals surface area contributed by atoms with E-state index in [4.69, 9.17) is 10.8 Å². The van der Waals surface area contributed by atoms with Gasteiger partial charge in [-0.1, -0.05) is 18.2 Å². The Kier molecular flexibility index (Phi) is 3.98. The summed E-state index contributed by atoms with van der Waals surface area (Å²) in [6.45, 7) is 0. The van der Waals surface area contributed by atoms with Gasteiger partial charge in [0.2, 0.25) is 0 Å². The number of aromatic carboxylic acids is 1. The minimum Gasteiger partial charge on any atom is -0.478 e. The van der Waals surface area contributed by atoms with Crippen LogP contribution in [0.3, 0.4) is 0 Å². The van der Waals surface area contributed by atoms with E-state index in [0.717, 1.165) is 18.2 Å². The third-order valence-corrected chi connectivity index (χ3v) is 3.86. The van der Waals surface area contributed by atoms with Gasteiger partial charge in [0, 0.05) is 11.3 Å². The van der Waals surface area contributed by atoms with Crippen molar-refractivity contribution in [3.05, 3.63) is 59.2 Å². The first-order valence-corrected chi connectivity index (χ1v) is 7.40. The van der Waals surface area contributed by atoms with Crippen molar-refractivity contribution in [2.45, 2.75) is 4.90 Å². The molecule has 0 amide bonds. The van der Waals surface area contributed by atoms with E-state index in [0.29, 0.717) is 0 Å². The van der Waals surface area contributed by atoms with E-state index in [2.05, 4.69) is 0 Å². The van der Waals surface area contributed by atoms with Gasteiger partial charge in [-0.05, 0) is 24.3 Å². The number of hydrogen-bond acceptors (Lipinski definition) is 5. The van der Waals surface area contributed by atoms with E-state index in [1.54, 1.807) is 6.07 Å². The Morgan fingerprint density at radius 3 is 2.09 bits per heavy atom. The maximum Gasteiger partial charge on any atom is 0.336 e. The monoisotopic (exact) mass is 321 g/mol. The number of carbonyl (C=O) groups is 2. The van der Waals surface area contributed by atoms with E-state index >= 15 is 0 Å². The molecule has 2 aromatic carbocycles. The smallest absolute Gasteiger partial charge is 0.336 e. The quantitative estimate of drug-likeness (QED) is 0.440. The molecule has 0 aliphatic carbocycles. The predicted octanol–water partition coefficient (Wildman–Crippen LogP) is 1.44. The molecule has 0 bridgehead atoms. The number of nitrogen functional groups attached to an aromatic ring is 1. The second kappa shape index (κ2) is 5.58. The molecule has 0 aliphatic rings. The Hall–Kier alpha value is -2.71. The van der Waals surface area contributed by atoms with Crippen LogP contribution in [-0.4, -0.2) is 29.8 Å². The summed E-state index contributed by atoms with van der Waals surface area (Å²) in [5.41, 5.74) is 4.51. The molecule has 0 aromatic heterocycles. The van der Waals surface area contributed by atoms with Gasteiger partial charge in [-0.2, -0.15) is 8.42 Å². The van der Waals surface area contributed by atoms with Gasteiger partial charge >= 0.3 is 5.97 Å². The number of carboxylic acids is 1. The average molecular weight is 321 g/mol. The lowest BCUT2D eigenvalue weighted by molar-refractivity contribution is 0.0692. The molecule has 0 radical (unpaired) electrons. The zero-order valence-electron chi connectivity index (χ0n) is 11.1. The maximum atomic E-state index is 12.5. The fourth-order valence-corrected chi connectivity index (χ4v) is 2.71. The average Bonchev–Trinajstić information content (AvgIpc) is 2.45. The molecule has 0 aliphatic heterocycles. The number of ketones is 1. The molecule has 0 fully saturated rings. The summed E-state index contributed by atoms with van der Waals surface area (Å²) in [6.07, 6.45) is 0. The molecule has 0 spiro atoms. The van der Waals surface area contributed by atoms with Crippen molar-refractivity contribution in [3.8, 4) is 0 Å². The summed E-state index contributed by atoms with van der Waals surface area (Å²) in [7, 11) is -4.78. The summed E-state index contributed by atoms with van der Waals surface area (Å²) in [5.74, 6) is -2.40. The first-order chi connectivity index (χ1) is 10.2. The summed E-state index contributed by atoms with van der Waals surface area (Å²) >= 11 is 0. The minimum atomic E-state index is -4.78. The van der Waals surface area contributed by atoms with E-state index in [-0.39, 0.29) is 11.3 Å². The highest BCUT2D eigenvalue weighted by atomic mass is 32.2. The highest BCUT2D eigenvalue weighted by Crippen LogP contribution is 2.25. The van der Waals surface area contributed by atoms with Crippen molar-refractivity contribution >= 4 is 27.6 Å². The lowest BCUT2D eigenvalue weighted by atomic mass is 9.97. The van der Waals surface area contributed by atoms with Crippen molar-refractivity contribution in [2.24, 2.45) is 0 Å². The molecule has 8 heteroatoms. The van der Waals surface area contributed by atoms with Gasteiger partial charge in [-0.15, -0.1) is 0 Å². The Morgan fingerprint density at radius 2 is 1.55 bits per heavy atom. The zero-order valence-corrected chi connectivity index (χ0v) is 11.9. The second-order valence-electron chi connectivity index (χ2n) is 4.38. The molecule has 114 valence electrons. The van der Waals surface area contributed by atoms with Crippen LogP contribution < -0.4 is 5.73 Å². The Labute approximate surface area is 125 Å². The van der Waals surface area contributed by atoms with Gasteiger partial charge < -0.3 is 10.8 Å². The number of anilines is 1. The summed E-state index contributed by atoms with van der Waals surface area (Å²) in [5, 5.41) is 9.16. The van der Waals surface area contributed by atoms with Crippen molar-refractivity contribution in [1.29, 1.82) is 0 Å². The van der Waals surface area contributed by atoms with Crippen LogP contribution in [0.15, 0.2) is 47.4 Å². The summed E-state index contributed by atoms with van der Waals surface area (Å²) in [4.78, 5) is 23.0. The van der Waals surface area contributed by atoms with E-state index in [9.17, 15) is 22.6 Å². The standard InChI is InChI=1S/C14H11NO6S/c15-10-6-2-1-4-8(10)13(16)12-9(14(17)18)5-3-7-11(12)22(19,20)21/h1-7H,15H2,(H,17,18)(H,19,20,21). The van der Waals surface area contributed by atoms with Crippen LogP contribution in [0.25, 0.3) is 0 Å². The number of para-hydroxylation sites is 1. The van der Waals surface area contributed by atoms with E-state index in [1.807, 2.05) is 0 Å². The van der Waals surface area contributed by atoms with Crippen molar-refractivity contribution in [1.82, 2.24) is 0 Å². The van der Waals surface area contributed by atoms with Crippen LogP contribution in [0.5, 0.6) is 0 Å². The lowest BCUT2D eigenvalue weighted by Gasteiger charge is -2.11. The minimum absolute atomic E-state index is 0.0545. The molecule has 4 N–H and O–H groups in total. The molecule has 0 unspecified atom stereocenters.